The van der Waals surface area contributed by atoms with Gasteiger partial charge in [0.1, 0.15) is 5.75 Å². The fraction of sp³-hybridized carbons (Fsp3) is 0.211. The molecule has 6 heteroatoms. The Morgan fingerprint density at radius 2 is 1.64 bits per heavy atom. The summed E-state index contributed by atoms with van der Waals surface area (Å²) in [5.74, 6) is 0.193. The van der Waals surface area contributed by atoms with E-state index in [4.69, 9.17) is 9.47 Å². The van der Waals surface area contributed by atoms with E-state index in [1.807, 2.05) is 0 Å². The molecule has 2 rings (SSSR count). The summed E-state index contributed by atoms with van der Waals surface area (Å²) in [7, 11) is 0. The van der Waals surface area contributed by atoms with Crippen molar-refractivity contribution < 1.29 is 19.1 Å². The molecule has 0 aliphatic carbocycles. The molecule has 25 heavy (non-hydrogen) atoms. The van der Waals surface area contributed by atoms with E-state index in [1.54, 1.807) is 55.5 Å². The van der Waals surface area contributed by atoms with Gasteiger partial charge in [-0.2, -0.15) is 4.99 Å². The molecular formula is C19H17NO4S. The van der Waals surface area contributed by atoms with Gasteiger partial charge in [-0.05, 0) is 67.7 Å². The van der Waals surface area contributed by atoms with Gasteiger partial charge in [-0.25, -0.2) is 0 Å². The van der Waals surface area contributed by atoms with E-state index in [9.17, 15) is 9.59 Å². The molecule has 0 spiro atoms. The van der Waals surface area contributed by atoms with Crippen molar-refractivity contribution >= 4 is 34.8 Å². The maximum Gasteiger partial charge on any atom is 0.309 e. The summed E-state index contributed by atoms with van der Waals surface area (Å²) >= 11 is 4.54. The first-order chi connectivity index (χ1) is 12.1. The summed E-state index contributed by atoms with van der Waals surface area (Å²) in [4.78, 5) is 27.5. The van der Waals surface area contributed by atoms with Gasteiger partial charge in [-0.15, -0.1) is 0 Å². The van der Waals surface area contributed by atoms with E-state index in [-0.39, 0.29) is 24.8 Å². The third-order valence-electron chi connectivity index (χ3n) is 3.30. The highest BCUT2D eigenvalue weighted by Gasteiger charge is 2.09. The van der Waals surface area contributed by atoms with Crippen LogP contribution in [0.2, 0.25) is 0 Å². The quantitative estimate of drug-likeness (QED) is 0.310. The molecule has 0 saturated carbocycles. The van der Waals surface area contributed by atoms with Gasteiger partial charge in [-0.3, -0.25) is 9.59 Å². The Morgan fingerprint density at radius 1 is 1.04 bits per heavy atom. The van der Waals surface area contributed by atoms with Gasteiger partial charge in [-0.1, -0.05) is 0 Å². The van der Waals surface area contributed by atoms with Crippen molar-refractivity contribution in [1.29, 1.82) is 0 Å². The molecule has 0 bridgehead atoms. The molecule has 0 unspecified atom stereocenters. The van der Waals surface area contributed by atoms with Gasteiger partial charge in [0.05, 0.1) is 30.5 Å². The molecule has 128 valence electrons. The number of nitrogens with zero attached hydrogens (tertiary/aromatic N) is 1. The van der Waals surface area contributed by atoms with Gasteiger partial charge >= 0.3 is 5.97 Å². The van der Waals surface area contributed by atoms with E-state index < -0.39 is 0 Å². The summed E-state index contributed by atoms with van der Waals surface area (Å²) in [6.07, 6.45) is 0.186. The second-order valence-electron chi connectivity index (χ2n) is 5.01. The molecular weight excluding hydrogens is 338 g/mol. The smallest absolute Gasteiger partial charge is 0.309 e. The zero-order valence-electron chi connectivity index (χ0n) is 13.7. The first kappa shape index (κ1) is 18.5. The van der Waals surface area contributed by atoms with Crippen molar-refractivity contribution in [3.63, 3.8) is 0 Å². The predicted molar refractivity (Wildman–Crippen MR) is 97.7 cm³/mol. The van der Waals surface area contributed by atoms with E-state index >= 15 is 0 Å². The van der Waals surface area contributed by atoms with Crippen LogP contribution in [0.5, 0.6) is 5.75 Å². The van der Waals surface area contributed by atoms with Gasteiger partial charge in [0, 0.05) is 11.1 Å². The molecule has 5 nitrogen and oxygen atoms in total. The second-order valence-corrected chi connectivity index (χ2v) is 5.19. The van der Waals surface area contributed by atoms with Crippen LogP contribution in [-0.4, -0.2) is 30.1 Å². The summed E-state index contributed by atoms with van der Waals surface area (Å²) < 4.78 is 10.3. The molecule has 0 aliphatic rings. The number of isothiocyanates is 1. The summed E-state index contributed by atoms with van der Waals surface area (Å²) in [6.45, 7) is 2.34. The van der Waals surface area contributed by atoms with E-state index in [1.165, 1.54) is 0 Å². The first-order valence-corrected chi connectivity index (χ1v) is 8.16. The highest BCUT2D eigenvalue weighted by atomic mass is 32.1. The zero-order valence-corrected chi connectivity index (χ0v) is 14.5. The monoisotopic (exact) mass is 355 g/mol. The van der Waals surface area contributed by atoms with E-state index in [2.05, 4.69) is 22.4 Å². The fourth-order valence-electron chi connectivity index (χ4n) is 2.09. The molecule has 0 saturated heterocycles. The Morgan fingerprint density at radius 3 is 2.20 bits per heavy atom. The molecule has 0 amide bonds. The van der Waals surface area contributed by atoms with Crippen LogP contribution in [0.25, 0.3) is 0 Å². The molecule has 0 heterocycles. The highest BCUT2D eigenvalue weighted by molar-refractivity contribution is 7.78. The zero-order chi connectivity index (χ0) is 18.1. The van der Waals surface area contributed by atoms with Gasteiger partial charge in [0.2, 0.25) is 0 Å². The number of benzene rings is 2. The van der Waals surface area contributed by atoms with Gasteiger partial charge in [0.15, 0.2) is 5.78 Å². The lowest BCUT2D eigenvalue weighted by atomic mass is 10.0. The Hall–Kier alpha value is -2.82. The summed E-state index contributed by atoms with van der Waals surface area (Å²) in [5, 5.41) is 2.28. The molecule has 0 aromatic heterocycles. The van der Waals surface area contributed by atoms with Crippen molar-refractivity contribution in [3.8, 4) is 5.75 Å². The lowest BCUT2D eigenvalue weighted by Gasteiger charge is -2.07. The molecule has 2 aromatic rings. The maximum absolute atomic E-state index is 12.4. The van der Waals surface area contributed by atoms with Crippen molar-refractivity contribution in [1.82, 2.24) is 0 Å². The van der Waals surface area contributed by atoms with Crippen LogP contribution in [-0.2, 0) is 9.53 Å². The van der Waals surface area contributed by atoms with Crippen LogP contribution in [0, 0.1) is 0 Å². The SMILES string of the molecule is CCOC(=O)CCOc1ccc(C(=O)c2ccc(N=C=S)cc2)cc1. The first-order valence-electron chi connectivity index (χ1n) is 7.75. The second kappa shape index (κ2) is 9.47. The molecule has 0 aliphatic heterocycles. The molecule has 0 fully saturated rings. The number of thiocarbonyl (C=S) groups is 1. The van der Waals surface area contributed by atoms with Crippen LogP contribution < -0.4 is 4.74 Å². The number of carbonyl (C=O) groups excluding carboxylic acids is 2. The minimum atomic E-state index is -0.296. The lowest BCUT2D eigenvalue weighted by Crippen LogP contribution is -2.09. The average molecular weight is 355 g/mol. The molecule has 0 radical (unpaired) electrons. The predicted octanol–water partition coefficient (Wildman–Crippen LogP) is 3.98. The molecule has 0 atom stereocenters. The van der Waals surface area contributed by atoms with Crippen molar-refractivity contribution in [3.05, 3.63) is 59.7 Å². The average Bonchev–Trinajstić information content (AvgIpc) is 2.63. The van der Waals surface area contributed by atoms with Crippen LogP contribution >= 0.6 is 12.2 Å². The van der Waals surface area contributed by atoms with Crippen LogP contribution in [0.4, 0.5) is 5.69 Å². The Kier molecular flexibility index (Phi) is 7.01. The number of ketones is 1. The Bertz CT molecular complexity index is 778. The van der Waals surface area contributed by atoms with Crippen molar-refractivity contribution in [2.24, 2.45) is 4.99 Å². The minimum absolute atomic E-state index is 0.101. The van der Waals surface area contributed by atoms with Crippen molar-refractivity contribution in [2.75, 3.05) is 13.2 Å². The lowest BCUT2D eigenvalue weighted by molar-refractivity contribution is -0.143. The van der Waals surface area contributed by atoms with E-state index in [0.717, 1.165) is 0 Å². The number of hydrogen-bond acceptors (Lipinski definition) is 6. The molecule has 0 N–H and O–H groups in total. The van der Waals surface area contributed by atoms with Crippen molar-refractivity contribution in [2.45, 2.75) is 13.3 Å². The van der Waals surface area contributed by atoms with Crippen LogP contribution in [0.1, 0.15) is 29.3 Å². The third kappa shape index (κ3) is 5.64. The standard InChI is InChI=1S/C19H17NO4S/c1-2-23-18(21)11-12-24-17-9-5-15(6-10-17)19(22)14-3-7-16(8-4-14)20-13-25/h3-10H,2,11-12H2,1H3. The van der Waals surface area contributed by atoms with Gasteiger partial charge < -0.3 is 9.47 Å². The Balaban J connectivity index is 1.95. The number of hydrogen-bond donors (Lipinski definition) is 0. The number of esters is 1. The summed E-state index contributed by atoms with van der Waals surface area (Å²) in [5.41, 5.74) is 1.75. The topological polar surface area (TPSA) is 65.0 Å². The number of rotatable bonds is 8. The normalized spacial score (nSPS) is 9.80. The van der Waals surface area contributed by atoms with Crippen LogP contribution in [0.15, 0.2) is 53.5 Å². The third-order valence-corrected chi connectivity index (χ3v) is 3.39. The van der Waals surface area contributed by atoms with Crippen LogP contribution in [0.3, 0.4) is 0 Å². The highest BCUT2D eigenvalue weighted by Crippen LogP contribution is 2.18. The fourth-order valence-corrected chi connectivity index (χ4v) is 2.20. The number of carbonyl (C=O) groups is 2. The maximum atomic E-state index is 12.4. The van der Waals surface area contributed by atoms with E-state index in [0.29, 0.717) is 29.2 Å². The Labute approximate surface area is 151 Å². The van der Waals surface area contributed by atoms with Gasteiger partial charge in [0.25, 0.3) is 0 Å². The largest absolute Gasteiger partial charge is 0.493 e. The number of ether oxygens (including phenoxy) is 2. The minimum Gasteiger partial charge on any atom is -0.493 e. The molecule has 2 aromatic carbocycles. The summed E-state index contributed by atoms with van der Waals surface area (Å²) in [6, 6.07) is 13.6. The number of aliphatic imine (C=N–C) groups is 1.